The Bertz CT molecular complexity index is 1520. The summed E-state index contributed by atoms with van der Waals surface area (Å²) in [6.07, 6.45) is 0. The molecule has 0 saturated carbocycles. The number of rotatable bonds is 5. The van der Waals surface area contributed by atoms with Crippen LogP contribution in [0.25, 0.3) is 16.7 Å². The highest BCUT2D eigenvalue weighted by atomic mass is 16.2. The molecule has 0 saturated heterocycles. The molecule has 182 valence electrons. The van der Waals surface area contributed by atoms with Crippen LogP contribution < -0.4 is 5.32 Å². The molecule has 3 amide bonds. The van der Waals surface area contributed by atoms with Gasteiger partial charge in [-0.1, -0.05) is 44.2 Å². The van der Waals surface area contributed by atoms with Crippen molar-refractivity contribution in [1.29, 1.82) is 0 Å². The number of nitrogens with one attached hydrogen (secondary N) is 1. The first-order valence-corrected chi connectivity index (χ1v) is 11.9. The number of amides is 3. The van der Waals surface area contributed by atoms with Crippen LogP contribution in [0.15, 0.2) is 54.6 Å². The first kappa shape index (κ1) is 23.4. The normalized spacial score (nSPS) is 14.0. The summed E-state index contributed by atoms with van der Waals surface area (Å²) in [4.78, 5) is 45.7. The van der Waals surface area contributed by atoms with Crippen LogP contribution in [-0.4, -0.2) is 43.4 Å². The Morgan fingerprint density at radius 2 is 1.56 bits per heavy atom. The molecule has 1 unspecified atom stereocenters. The average Bonchev–Trinajstić information content (AvgIpc) is 3.32. The zero-order valence-electron chi connectivity index (χ0n) is 20.9. The van der Waals surface area contributed by atoms with Crippen molar-refractivity contribution in [1.82, 2.24) is 19.7 Å². The highest BCUT2D eigenvalue weighted by Gasteiger charge is 2.44. The van der Waals surface area contributed by atoms with Crippen molar-refractivity contribution in [2.45, 2.75) is 40.7 Å². The fourth-order valence-corrected chi connectivity index (χ4v) is 4.79. The van der Waals surface area contributed by atoms with Gasteiger partial charge in [0.05, 0.1) is 22.3 Å². The topological polar surface area (TPSA) is 97.2 Å². The molecular formula is C28H27N5O3. The molecule has 3 heterocycles. The smallest absolute Gasteiger partial charge is 0.262 e. The van der Waals surface area contributed by atoms with Gasteiger partial charge < -0.3 is 5.32 Å². The standard InChI is InChI=1S/C28H27N5O3/c1-15(2)25(32-27(35)20-10-6-7-11-21(20)28(32)36)26(34)30-23-14-18(5)31-33(23)22-13-17(4)19-12-8-9-16(3)24(19)29-22/h6-15,25H,1-5H3,(H,30,34). The lowest BCUT2D eigenvalue weighted by Crippen LogP contribution is -2.50. The Kier molecular flexibility index (Phi) is 5.67. The quantitative estimate of drug-likeness (QED) is 0.420. The van der Waals surface area contributed by atoms with Gasteiger partial charge in [-0.25, -0.2) is 4.98 Å². The maximum atomic E-state index is 13.6. The molecular weight excluding hydrogens is 454 g/mol. The van der Waals surface area contributed by atoms with E-state index in [1.165, 1.54) is 0 Å². The van der Waals surface area contributed by atoms with Gasteiger partial charge >= 0.3 is 0 Å². The maximum Gasteiger partial charge on any atom is 0.262 e. The van der Waals surface area contributed by atoms with E-state index in [9.17, 15) is 14.4 Å². The highest BCUT2D eigenvalue weighted by Crippen LogP contribution is 2.29. The van der Waals surface area contributed by atoms with Gasteiger partial charge in [0.15, 0.2) is 5.82 Å². The van der Waals surface area contributed by atoms with Gasteiger partial charge in [0.1, 0.15) is 11.9 Å². The van der Waals surface area contributed by atoms with Gasteiger partial charge in [0.2, 0.25) is 5.91 Å². The molecule has 8 heteroatoms. The van der Waals surface area contributed by atoms with E-state index in [4.69, 9.17) is 4.98 Å². The third-order valence-electron chi connectivity index (χ3n) is 6.54. The van der Waals surface area contributed by atoms with E-state index in [0.717, 1.165) is 26.9 Å². The van der Waals surface area contributed by atoms with Crippen molar-refractivity contribution in [2.24, 2.45) is 5.92 Å². The summed E-state index contributed by atoms with van der Waals surface area (Å²) < 4.78 is 1.59. The van der Waals surface area contributed by atoms with Crippen molar-refractivity contribution in [3.05, 3.63) is 82.5 Å². The van der Waals surface area contributed by atoms with E-state index >= 15 is 0 Å². The largest absolute Gasteiger partial charge is 0.309 e. The van der Waals surface area contributed by atoms with Crippen LogP contribution in [0.4, 0.5) is 5.82 Å². The van der Waals surface area contributed by atoms with Crippen LogP contribution >= 0.6 is 0 Å². The first-order valence-electron chi connectivity index (χ1n) is 11.9. The van der Waals surface area contributed by atoms with Crippen LogP contribution in [0.1, 0.15) is 51.4 Å². The molecule has 0 radical (unpaired) electrons. The molecule has 5 rings (SSSR count). The molecule has 2 aromatic heterocycles. The predicted octanol–water partition coefficient (Wildman–Crippen LogP) is 4.61. The van der Waals surface area contributed by atoms with E-state index in [-0.39, 0.29) is 5.92 Å². The van der Waals surface area contributed by atoms with Crippen LogP contribution in [-0.2, 0) is 4.79 Å². The number of pyridine rings is 1. The lowest BCUT2D eigenvalue weighted by Gasteiger charge is -2.28. The molecule has 1 aliphatic heterocycles. The number of imide groups is 1. The molecule has 4 aromatic rings. The second-order valence-corrected chi connectivity index (χ2v) is 9.56. The minimum absolute atomic E-state index is 0.312. The van der Waals surface area contributed by atoms with Crippen LogP contribution in [0, 0.1) is 26.7 Å². The second-order valence-electron chi connectivity index (χ2n) is 9.56. The highest BCUT2D eigenvalue weighted by molar-refractivity contribution is 6.23. The summed E-state index contributed by atoms with van der Waals surface area (Å²) in [5, 5.41) is 8.54. The van der Waals surface area contributed by atoms with Gasteiger partial charge in [-0.3, -0.25) is 19.3 Å². The first-order chi connectivity index (χ1) is 17.2. The van der Waals surface area contributed by atoms with Gasteiger partial charge in [0.25, 0.3) is 11.8 Å². The van der Waals surface area contributed by atoms with Crippen LogP contribution in [0.2, 0.25) is 0 Å². The number of fused-ring (bicyclic) bond motifs is 2. The molecule has 0 spiro atoms. The minimum Gasteiger partial charge on any atom is -0.309 e. The second kappa shape index (κ2) is 8.71. The Hall–Kier alpha value is -4.33. The maximum absolute atomic E-state index is 13.6. The van der Waals surface area contributed by atoms with E-state index in [1.54, 1.807) is 35.0 Å². The zero-order chi connectivity index (χ0) is 25.7. The molecule has 1 atom stereocenters. The molecule has 8 nitrogen and oxygen atoms in total. The Morgan fingerprint density at radius 3 is 2.19 bits per heavy atom. The fraction of sp³-hybridized carbons (Fsp3) is 0.250. The van der Waals surface area contributed by atoms with E-state index in [2.05, 4.69) is 10.4 Å². The Labute approximate surface area is 208 Å². The summed E-state index contributed by atoms with van der Waals surface area (Å²) in [5.41, 5.74) is 4.26. The third kappa shape index (κ3) is 3.75. The number of carbonyl (C=O) groups excluding carboxylic acids is 3. The molecule has 0 aliphatic carbocycles. The number of hydrogen-bond acceptors (Lipinski definition) is 5. The van der Waals surface area contributed by atoms with Crippen molar-refractivity contribution in [2.75, 3.05) is 5.32 Å². The molecule has 36 heavy (non-hydrogen) atoms. The Morgan fingerprint density at radius 1 is 0.889 bits per heavy atom. The summed E-state index contributed by atoms with van der Waals surface area (Å²) in [5.74, 6) is -0.713. The number of carbonyl (C=O) groups is 3. The molecule has 0 fully saturated rings. The Balaban J connectivity index is 1.51. The zero-order valence-corrected chi connectivity index (χ0v) is 20.9. The van der Waals surface area contributed by atoms with Crippen LogP contribution in [0.5, 0.6) is 0 Å². The van der Waals surface area contributed by atoms with E-state index < -0.39 is 23.8 Å². The number of aromatic nitrogens is 3. The van der Waals surface area contributed by atoms with E-state index in [1.807, 2.05) is 58.9 Å². The lowest BCUT2D eigenvalue weighted by molar-refractivity contribution is -0.121. The van der Waals surface area contributed by atoms with E-state index in [0.29, 0.717) is 28.5 Å². The number of para-hydroxylation sites is 1. The fourth-order valence-electron chi connectivity index (χ4n) is 4.79. The van der Waals surface area contributed by atoms with Gasteiger partial charge in [-0.15, -0.1) is 0 Å². The average molecular weight is 482 g/mol. The predicted molar refractivity (Wildman–Crippen MR) is 137 cm³/mol. The molecule has 1 N–H and O–H groups in total. The monoisotopic (exact) mass is 481 g/mol. The number of nitrogens with zero attached hydrogens (tertiary/aromatic N) is 4. The third-order valence-corrected chi connectivity index (χ3v) is 6.54. The van der Waals surface area contributed by atoms with Gasteiger partial charge in [0, 0.05) is 11.5 Å². The number of hydrogen-bond donors (Lipinski definition) is 1. The summed E-state index contributed by atoms with van der Waals surface area (Å²) in [6.45, 7) is 9.47. The number of anilines is 1. The lowest BCUT2D eigenvalue weighted by atomic mass is 10.0. The van der Waals surface area contributed by atoms with Crippen molar-refractivity contribution in [3.63, 3.8) is 0 Å². The van der Waals surface area contributed by atoms with Crippen molar-refractivity contribution in [3.8, 4) is 5.82 Å². The summed E-state index contributed by atoms with van der Waals surface area (Å²) in [7, 11) is 0. The number of aryl methyl sites for hydroxylation is 3. The van der Waals surface area contributed by atoms with Crippen molar-refractivity contribution >= 4 is 34.4 Å². The molecule has 0 bridgehead atoms. The summed E-state index contributed by atoms with van der Waals surface area (Å²) in [6, 6.07) is 15.4. The molecule has 2 aromatic carbocycles. The minimum atomic E-state index is -0.991. The SMILES string of the molecule is Cc1cc(NC(=O)C(C(C)C)N2C(=O)c3ccccc3C2=O)n(-c2cc(C)c3cccc(C)c3n2)n1. The molecule has 1 aliphatic rings. The van der Waals surface area contributed by atoms with Crippen LogP contribution in [0.3, 0.4) is 0 Å². The van der Waals surface area contributed by atoms with Gasteiger partial charge in [-0.05, 0) is 56.0 Å². The summed E-state index contributed by atoms with van der Waals surface area (Å²) >= 11 is 0. The van der Waals surface area contributed by atoms with Gasteiger partial charge in [-0.2, -0.15) is 9.78 Å². The number of benzene rings is 2. The van der Waals surface area contributed by atoms with Crippen molar-refractivity contribution < 1.29 is 14.4 Å².